The molecule has 0 bridgehead atoms. The Morgan fingerprint density at radius 3 is 2.82 bits per heavy atom. The fourth-order valence-corrected chi connectivity index (χ4v) is 1.76. The normalized spacial score (nSPS) is 12.2. The number of nitrogen functional groups attached to an aromatic ring is 1. The zero-order valence-electron chi connectivity index (χ0n) is 9.74. The van der Waals surface area contributed by atoms with Crippen molar-refractivity contribution in [3.63, 3.8) is 0 Å². The molecular weight excluding hydrogens is 240 g/mol. The van der Waals surface area contributed by atoms with Crippen LogP contribution in [0.2, 0.25) is 5.02 Å². The quantitative estimate of drug-likeness (QED) is 0.704. The molecule has 0 fully saturated rings. The molecule has 4 N–H and O–H groups in total. The Kier molecular flexibility index (Phi) is 5.25. The van der Waals surface area contributed by atoms with Crippen LogP contribution in [0.1, 0.15) is 30.1 Å². The van der Waals surface area contributed by atoms with Gasteiger partial charge in [0.25, 0.3) is 5.91 Å². The molecule has 0 spiro atoms. The number of hydrogen-bond acceptors (Lipinski definition) is 3. The van der Waals surface area contributed by atoms with Gasteiger partial charge in [0.1, 0.15) is 0 Å². The molecule has 0 aliphatic carbocycles. The van der Waals surface area contributed by atoms with Crippen LogP contribution in [0.3, 0.4) is 0 Å². The predicted octanol–water partition coefficient (Wildman–Crippen LogP) is 1.81. The summed E-state index contributed by atoms with van der Waals surface area (Å²) in [5, 5.41) is 12.0. The Morgan fingerprint density at radius 1 is 1.53 bits per heavy atom. The molecule has 1 atom stereocenters. The summed E-state index contributed by atoms with van der Waals surface area (Å²) in [6.45, 7) is 2.02. The Morgan fingerprint density at radius 2 is 2.24 bits per heavy atom. The van der Waals surface area contributed by atoms with E-state index in [1.54, 1.807) is 18.2 Å². The van der Waals surface area contributed by atoms with Crippen LogP contribution >= 0.6 is 11.6 Å². The van der Waals surface area contributed by atoms with Gasteiger partial charge in [-0.05, 0) is 38.0 Å². The third-order valence-corrected chi connectivity index (χ3v) is 2.57. The molecule has 0 heterocycles. The average Bonchev–Trinajstić information content (AvgIpc) is 2.25. The smallest absolute Gasteiger partial charge is 0.251 e. The van der Waals surface area contributed by atoms with Gasteiger partial charge in [-0.2, -0.15) is 0 Å². The molecular formula is C12H17ClN2O2. The van der Waals surface area contributed by atoms with Gasteiger partial charge in [0, 0.05) is 28.9 Å². The lowest BCUT2D eigenvalue weighted by atomic mass is 10.1. The number of nitrogens with one attached hydrogen (secondary N) is 1. The summed E-state index contributed by atoms with van der Waals surface area (Å²) in [5.74, 6) is -0.204. The monoisotopic (exact) mass is 256 g/mol. The number of halogens is 1. The van der Waals surface area contributed by atoms with Crippen molar-refractivity contribution in [1.82, 2.24) is 5.32 Å². The molecule has 0 aliphatic rings. The molecule has 5 heteroatoms. The summed E-state index contributed by atoms with van der Waals surface area (Å²) in [6, 6.07) is 4.76. The molecule has 0 aliphatic heterocycles. The summed E-state index contributed by atoms with van der Waals surface area (Å²) in [7, 11) is 0. The van der Waals surface area contributed by atoms with Gasteiger partial charge < -0.3 is 16.2 Å². The highest BCUT2D eigenvalue weighted by Crippen LogP contribution is 2.16. The van der Waals surface area contributed by atoms with E-state index < -0.39 is 0 Å². The van der Waals surface area contributed by atoms with Crippen LogP contribution in [-0.2, 0) is 0 Å². The number of nitrogens with two attached hydrogens (primary N) is 1. The molecule has 0 saturated carbocycles. The number of carbonyl (C=O) groups is 1. The van der Waals surface area contributed by atoms with Crippen LogP contribution in [0.15, 0.2) is 18.2 Å². The second-order valence-electron chi connectivity index (χ2n) is 4.01. The molecule has 1 aromatic carbocycles. The van der Waals surface area contributed by atoms with Crippen LogP contribution in [0, 0.1) is 0 Å². The first-order valence-electron chi connectivity index (χ1n) is 5.50. The highest BCUT2D eigenvalue weighted by atomic mass is 35.5. The number of carbonyl (C=O) groups excluding carboxylic acids is 1. The Bertz CT molecular complexity index is 376. The van der Waals surface area contributed by atoms with E-state index in [1.165, 1.54) is 0 Å². The lowest BCUT2D eigenvalue weighted by Crippen LogP contribution is -2.32. The first kappa shape index (κ1) is 13.8. The summed E-state index contributed by atoms with van der Waals surface area (Å²) in [5.41, 5.74) is 6.52. The minimum Gasteiger partial charge on any atom is -0.399 e. The molecule has 17 heavy (non-hydrogen) atoms. The molecule has 0 aromatic heterocycles. The van der Waals surface area contributed by atoms with Crippen LogP contribution in [0.5, 0.6) is 0 Å². The van der Waals surface area contributed by atoms with E-state index >= 15 is 0 Å². The van der Waals surface area contributed by atoms with Crippen molar-refractivity contribution in [2.45, 2.75) is 25.8 Å². The molecule has 1 unspecified atom stereocenters. The average molecular weight is 257 g/mol. The number of rotatable bonds is 5. The van der Waals surface area contributed by atoms with Crippen molar-refractivity contribution < 1.29 is 9.90 Å². The summed E-state index contributed by atoms with van der Waals surface area (Å²) >= 11 is 5.82. The fourth-order valence-electron chi connectivity index (χ4n) is 1.52. The van der Waals surface area contributed by atoms with E-state index in [9.17, 15) is 4.79 Å². The lowest BCUT2D eigenvalue weighted by molar-refractivity contribution is 0.0936. The van der Waals surface area contributed by atoms with Gasteiger partial charge in [-0.3, -0.25) is 4.79 Å². The molecule has 0 saturated heterocycles. The van der Waals surface area contributed by atoms with Gasteiger partial charge in [0.2, 0.25) is 0 Å². The van der Waals surface area contributed by atoms with Crippen molar-refractivity contribution >= 4 is 23.2 Å². The number of aliphatic hydroxyl groups excluding tert-OH is 1. The largest absolute Gasteiger partial charge is 0.399 e. The van der Waals surface area contributed by atoms with Crippen LogP contribution < -0.4 is 11.1 Å². The van der Waals surface area contributed by atoms with Gasteiger partial charge in [-0.25, -0.2) is 0 Å². The number of hydrogen-bond donors (Lipinski definition) is 3. The van der Waals surface area contributed by atoms with Gasteiger partial charge >= 0.3 is 0 Å². The maximum Gasteiger partial charge on any atom is 0.251 e. The number of aliphatic hydroxyl groups is 1. The third-order valence-electron chi connectivity index (χ3n) is 2.36. The second kappa shape index (κ2) is 6.47. The Labute approximate surface area is 106 Å². The Balaban J connectivity index is 2.63. The molecule has 1 rings (SSSR count). The molecule has 4 nitrogen and oxygen atoms in total. The maximum absolute atomic E-state index is 11.8. The lowest BCUT2D eigenvalue weighted by Gasteiger charge is -2.13. The van der Waals surface area contributed by atoms with E-state index in [-0.39, 0.29) is 18.6 Å². The second-order valence-corrected chi connectivity index (χ2v) is 4.45. The van der Waals surface area contributed by atoms with E-state index in [2.05, 4.69) is 5.32 Å². The van der Waals surface area contributed by atoms with Gasteiger partial charge in [0.05, 0.1) is 0 Å². The van der Waals surface area contributed by atoms with E-state index in [0.29, 0.717) is 22.7 Å². The predicted molar refractivity (Wildman–Crippen MR) is 69.1 cm³/mol. The summed E-state index contributed by atoms with van der Waals surface area (Å²) in [6.07, 6.45) is 1.40. The SMILES string of the molecule is CC(CCCO)NC(=O)c1cc(N)cc(Cl)c1. The van der Waals surface area contributed by atoms with Crippen LogP contribution in [0.25, 0.3) is 0 Å². The zero-order chi connectivity index (χ0) is 12.8. The molecule has 1 amide bonds. The Hall–Kier alpha value is -1.26. The van der Waals surface area contributed by atoms with Crippen LogP contribution in [0.4, 0.5) is 5.69 Å². The van der Waals surface area contributed by atoms with Crippen molar-refractivity contribution in [3.05, 3.63) is 28.8 Å². The summed E-state index contributed by atoms with van der Waals surface area (Å²) < 4.78 is 0. The highest BCUT2D eigenvalue weighted by molar-refractivity contribution is 6.31. The third kappa shape index (κ3) is 4.63. The van der Waals surface area contributed by atoms with Gasteiger partial charge in [-0.15, -0.1) is 0 Å². The van der Waals surface area contributed by atoms with Gasteiger partial charge in [0.15, 0.2) is 0 Å². The van der Waals surface area contributed by atoms with Crippen LogP contribution in [-0.4, -0.2) is 23.7 Å². The standard InChI is InChI=1S/C12H17ClN2O2/c1-8(3-2-4-16)15-12(17)9-5-10(13)7-11(14)6-9/h5-8,16H,2-4,14H2,1H3,(H,15,17). The molecule has 1 aromatic rings. The number of anilines is 1. The van der Waals surface area contributed by atoms with Crippen molar-refractivity contribution in [1.29, 1.82) is 0 Å². The van der Waals surface area contributed by atoms with E-state index in [1.807, 2.05) is 6.92 Å². The summed E-state index contributed by atoms with van der Waals surface area (Å²) in [4.78, 5) is 11.8. The van der Waals surface area contributed by atoms with E-state index in [4.69, 9.17) is 22.4 Å². The van der Waals surface area contributed by atoms with Crippen molar-refractivity contribution in [2.24, 2.45) is 0 Å². The van der Waals surface area contributed by atoms with Crippen molar-refractivity contribution in [3.8, 4) is 0 Å². The number of amides is 1. The number of benzene rings is 1. The van der Waals surface area contributed by atoms with E-state index in [0.717, 1.165) is 6.42 Å². The molecule has 0 radical (unpaired) electrons. The zero-order valence-corrected chi connectivity index (χ0v) is 10.5. The highest BCUT2D eigenvalue weighted by Gasteiger charge is 2.10. The molecule has 94 valence electrons. The minimum absolute atomic E-state index is 0.00913. The minimum atomic E-state index is -0.204. The first-order valence-corrected chi connectivity index (χ1v) is 5.88. The van der Waals surface area contributed by atoms with Crippen molar-refractivity contribution in [2.75, 3.05) is 12.3 Å². The first-order chi connectivity index (χ1) is 8.02. The maximum atomic E-state index is 11.8. The fraction of sp³-hybridized carbons (Fsp3) is 0.417. The van der Waals surface area contributed by atoms with Gasteiger partial charge in [-0.1, -0.05) is 11.6 Å². The topological polar surface area (TPSA) is 75.3 Å².